The maximum absolute atomic E-state index is 13.2. The number of anilines is 1. The number of imide groups is 2. The number of urea groups is 1. The fourth-order valence-corrected chi connectivity index (χ4v) is 5.54. The van der Waals surface area contributed by atoms with Gasteiger partial charge in [-0.2, -0.15) is 0 Å². The van der Waals surface area contributed by atoms with Gasteiger partial charge in [0.1, 0.15) is 0 Å². The lowest BCUT2D eigenvalue weighted by atomic mass is 9.63. The maximum Gasteiger partial charge on any atom is 0.335 e. The van der Waals surface area contributed by atoms with Crippen molar-refractivity contribution in [1.82, 2.24) is 5.32 Å². The van der Waals surface area contributed by atoms with Crippen molar-refractivity contribution in [3.63, 3.8) is 0 Å². The van der Waals surface area contributed by atoms with Crippen LogP contribution in [0.5, 0.6) is 0 Å². The Morgan fingerprint density at radius 3 is 2.32 bits per heavy atom. The smallest absolute Gasteiger partial charge is 0.335 e. The average molecular weight is 428 g/mol. The number of hydrogen-bond acceptors (Lipinski definition) is 5. The van der Waals surface area contributed by atoms with Crippen LogP contribution in [0.25, 0.3) is 0 Å². The second-order valence-electron chi connectivity index (χ2n) is 10.4. The van der Waals surface area contributed by atoms with Crippen LogP contribution in [-0.2, 0) is 9.59 Å². The van der Waals surface area contributed by atoms with Crippen LogP contribution in [0.3, 0.4) is 0 Å². The van der Waals surface area contributed by atoms with Crippen LogP contribution in [0, 0.1) is 37.5 Å². The normalized spacial score (nSPS) is 28.9. The summed E-state index contributed by atoms with van der Waals surface area (Å²) in [5.74, 6) is -2.42. The zero-order valence-corrected chi connectivity index (χ0v) is 19.3. The summed E-state index contributed by atoms with van der Waals surface area (Å²) in [4.78, 5) is 43.6. The van der Waals surface area contributed by atoms with Crippen LogP contribution in [-0.4, -0.2) is 41.8 Å². The van der Waals surface area contributed by atoms with E-state index in [1.807, 2.05) is 32.9 Å². The topological polar surface area (TPSA) is 99.1 Å². The van der Waals surface area contributed by atoms with E-state index in [1.54, 1.807) is 0 Å². The first kappa shape index (κ1) is 23.1. The molecule has 0 spiro atoms. The Morgan fingerprint density at radius 2 is 1.74 bits per heavy atom. The summed E-state index contributed by atoms with van der Waals surface area (Å²) in [6.45, 7) is 12.4. The molecule has 0 radical (unpaired) electrons. The van der Waals surface area contributed by atoms with Gasteiger partial charge in [0.2, 0.25) is 5.91 Å². The van der Waals surface area contributed by atoms with Crippen molar-refractivity contribution in [3.8, 4) is 0 Å². The number of benzene rings is 1. The number of hydrogen-bond donors (Lipinski definition) is 2. The SMILES string of the molecule is Cc1cc(C)c(N2C(=O)NC(=O)[C@H](C=NC[C@@]3(C)C[C@H](O)CC(C)(C)C3)C2=O)c(C)c1. The van der Waals surface area contributed by atoms with Gasteiger partial charge in [0.15, 0.2) is 5.92 Å². The van der Waals surface area contributed by atoms with E-state index in [0.29, 0.717) is 18.7 Å². The van der Waals surface area contributed by atoms with Gasteiger partial charge in [-0.3, -0.25) is 19.9 Å². The minimum absolute atomic E-state index is 0.00365. The number of rotatable bonds is 4. The zero-order chi connectivity index (χ0) is 23.1. The number of aliphatic imine (C=N–C) groups is 1. The Balaban J connectivity index is 1.83. The van der Waals surface area contributed by atoms with E-state index in [2.05, 4.69) is 31.1 Å². The molecule has 1 aliphatic carbocycles. The quantitative estimate of drug-likeness (QED) is 0.568. The van der Waals surface area contributed by atoms with E-state index in [4.69, 9.17) is 0 Å². The molecular weight excluding hydrogens is 394 g/mol. The van der Waals surface area contributed by atoms with E-state index in [0.717, 1.165) is 34.4 Å². The van der Waals surface area contributed by atoms with E-state index >= 15 is 0 Å². The summed E-state index contributed by atoms with van der Waals surface area (Å²) in [6, 6.07) is 3.07. The van der Waals surface area contributed by atoms with E-state index in [1.165, 1.54) is 6.21 Å². The Hall–Kier alpha value is -2.54. The highest BCUT2D eigenvalue weighted by molar-refractivity contribution is 6.32. The highest BCUT2D eigenvalue weighted by atomic mass is 16.3. The number of aryl methyl sites for hydroxylation is 3. The summed E-state index contributed by atoms with van der Waals surface area (Å²) < 4.78 is 0. The Morgan fingerprint density at radius 1 is 1.13 bits per heavy atom. The monoisotopic (exact) mass is 427 g/mol. The van der Waals surface area contributed by atoms with Gasteiger partial charge in [-0.15, -0.1) is 0 Å². The van der Waals surface area contributed by atoms with Crippen LogP contribution in [0.2, 0.25) is 0 Å². The molecule has 31 heavy (non-hydrogen) atoms. The first-order valence-electron chi connectivity index (χ1n) is 10.8. The van der Waals surface area contributed by atoms with Crippen molar-refractivity contribution in [2.45, 2.75) is 66.9 Å². The van der Waals surface area contributed by atoms with Crippen molar-refractivity contribution in [2.75, 3.05) is 11.4 Å². The summed E-state index contributed by atoms with van der Waals surface area (Å²) in [5.41, 5.74) is 2.90. The Labute approximate surface area is 183 Å². The average Bonchev–Trinajstić information content (AvgIpc) is 2.57. The molecule has 168 valence electrons. The number of amides is 4. The number of carbonyl (C=O) groups is 3. The highest BCUT2D eigenvalue weighted by Crippen LogP contribution is 2.46. The second-order valence-corrected chi connectivity index (χ2v) is 10.4. The molecule has 1 heterocycles. The zero-order valence-electron chi connectivity index (χ0n) is 19.3. The number of carbonyl (C=O) groups excluding carboxylic acids is 3. The summed E-state index contributed by atoms with van der Waals surface area (Å²) in [6.07, 6.45) is 3.25. The first-order valence-corrected chi connectivity index (χ1v) is 10.8. The second kappa shape index (κ2) is 8.19. The molecular formula is C24H33N3O4. The van der Waals surface area contributed by atoms with Crippen molar-refractivity contribution < 1.29 is 19.5 Å². The molecule has 3 rings (SSSR count). The number of barbiturate groups is 1. The molecule has 7 heteroatoms. The Bertz CT molecular complexity index is 929. The molecule has 2 fully saturated rings. The Kier molecular flexibility index (Phi) is 6.11. The number of nitrogens with one attached hydrogen (secondary N) is 1. The lowest BCUT2D eigenvalue weighted by Crippen LogP contribution is -2.59. The summed E-state index contributed by atoms with van der Waals surface area (Å²) in [5, 5.41) is 12.6. The van der Waals surface area contributed by atoms with Gasteiger partial charge >= 0.3 is 6.03 Å². The number of aliphatic hydroxyl groups excluding tert-OH is 1. The molecule has 0 unspecified atom stereocenters. The molecule has 7 nitrogen and oxygen atoms in total. The molecule has 0 aromatic heterocycles. The maximum atomic E-state index is 13.2. The van der Waals surface area contributed by atoms with Gasteiger partial charge in [0.25, 0.3) is 5.91 Å². The predicted octanol–water partition coefficient (Wildman–Crippen LogP) is 3.46. The van der Waals surface area contributed by atoms with Crippen LogP contribution >= 0.6 is 0 Å². The summed E-state index contributed by atoms with van der Waals surface area (Å²) in [7, 11) is 0. The minimum Gasteiger partial charge on any atom is -0.393 e. The standard InChI is InChI=1S/C24H33N3O4/c1-14-7-15(2)19(16(3)8-14)27-21(30)18(20(29)26-22(27)31)11-25-13-24(6)10-17(28)9-23(4,5)12-24/h7-8,11,17-18,28H,9-10,12-13H2,1-6H3,(H,26,29,31)/t17-,18+,24+/m1/s1. The lowest BCUT2D eigenvalue weighted by molar-refractivity contribution is -0.131. The molecule has 3 atom stereocenters. The molecule has 2 N–H and O–H groups in total. The van der Waals surface area contributed by atoms with Crippen LogP contribution in [0.4, 0.5) is 10.5 Å². The number of nitrogens with zero attached hydrogens (tertiary/aromatic N) is 2. The molecule has 2 aliphatic rings. The fraction of sp³-hybridized carbons (Fsp3) is 0.583. The largest absolute Gasteiger partial charge is 0.393 e. The first-order chi connectivity index (χ1) is 14.3. The molecule has 0 bridgehead atoms. The van der Waals surface area contributed by atoms with Gasteiger partial charge in [-0.25, -0.2) is 9.69 Å². The van der Waals surface area contributed by atoms with E-state index in [9.17, 15) is 19.5 Å². The van der Waals surface area contributed by atoms with Gasteiger partial charge in [-0.1, -0.05) is 38.5 Å². The third-order valence-electron chi connectivity index (χ3n) is 6.21. The van der Waals surface area contributed by atoms with Crippen molar-refractivity contribution in [1.29, 1.82) is 0 Å². The molecule has 1 aromatic rings. The minimum atomic E-state index is -1.16. The van der Waals surface area contributed by atoms with Crippen LogP contribution < -0.4 is 10.2 Å². The third kappa shape index (κ3) is 4.87. The van der Waals surface area contributed by atoms with Gasteiger partial charge in [0, 0.05) is 12.8 Å². The van der Waals surface area contributed by atoms with Crippen molar-refractivity contribution in [2.24, 2.45) is 21.7 Å². The van der Waals surface area contributed by atoms with Crippen LogP contribution in [0.15, 0.2) is 17.1 Å². The highest BCUT2D eigenvalue weighted by Gasteiger charge is 2.43. The molecule has 1 saturated heterocycles. The van der Waals surface area contributed by atoms with Gasteiger partial charge < -0.3 is 5.11 Å². The molecule has 1 aliphatic heterocycles. The van der Waals surface area contributed by atoms with Crippen molar-refractivity contribution in [3.05, 3.63) is 28.8 Å². The van der Waals surface area contributed by atoms with E-state index in [-0.39, 0.29) is 16.9 Å². The molecule has 4 amide bonds. The molecule has 1 saturated carbocycles. The number of aliphatic hydroxyl groups is 1. The predicted molar refractivity (Wildman–Crippen MR) is 120 cm³/mol. The van der Waals surface area contributed by atoms with E-state index < -0.39 is 23.8 Å². The molecule has 1 aromatic carbocycles. The van der Waals surface area contributed by atoms with Gasteiger partial charge in [0.05, 0.1) is 11.8 Å². The lowest BCUT2D eigenvalue weighted by Gasteiger charge is -2.44. The van der Waals surface area contributed by atoms with Crippen molar-refractivity contribution >= 4 is 29.7 Å². The summed E-state index contributed by atoms with van der Waals surface area (Å²) >= 11 is 0. The van der Waals surface area contributed by atoms with Crippen LogP contribution in [0.1, 0.15) is 56.7 Å². The fourth-order valence-electron chi connectivity index (χ4n) is 5.54. The van der Waals surface area contributed by atoms with Gasteiger partial charge in [-0.05, 0) is 62.0 Å². The third-order valence-corrected chi connectivity index (χ3v) is 6.21.